The number of carbonyl (C=O) groups is 2. The SMILES string of the molecule is C[C@H](NC(=O)CCCCCn1c2ccccc2c(=O)c2ccccc21)C(=O)O. The van der Waals surface area contributed by atoms with Crippen molar-refractivity contribution in [1.29, 1.82) is 0 Å². The fourth-order valence-corrected chi connectivity index (χ4v) is 3.43. The summed E-state index contributed by atoms with van der Waals surface area (Å²) in [6, 6.07) is 14.4. The first-order chi connectivity index (χ1) is 13.5. The quantitative estimate of drug-likeness (QED) is 0.464. The predicted octanol–water partition coefficient (Wildman–Crippen LogP) is 3.30. The summed E-state index contributed by atoms with van der Waals surface area (Å²) >= 11 is 0. The van der Waals surface area contributed by atoms with E-state index >= 15 is 0 Å². The molecule has 0 aliphatic heterocycles. The maximum absolute atomic E-state index is 12.7. The van der Waals surface area contributed by atoms with Gasteiger partial charge in [-0.05, 0) is 44.0 Å². The van der Waals surface area contributed by atoms with Crippen molar-refractivity contribution in [2.24, 2.45) is 0 Å². The van der Waals surface area contributed by atoms with Crippen molar-refractivity contribution in [3.63, 3.8) is 0 Å². The molecule has 0 aliphatic rings. The molecule has 6 nitrogen and oxygen atoms in total. The number of aryl methyl sites for hydroxylation is 1. The fourth-order valence-electron chi connectivity index (χ4n) is 3.43. The lowest BCUT2D eigenvalue weighted by Gasteiger charge is -2.15. The minimum Gasteiger partial charge on any atom is -0.480 e. The molecular weight excluding hydrogens is 356 g/mol. The lowest BCUT2D eigenvalue weighted by Crippen LogP contribution is -2.38. The summed E-state index contributed by atoms with van der Waals surface area (Å²) in [5.41, 5.74) is 1.88. The van der Waals surface area contributed by atoms with Crippen LogP contribution in [0.5, 0.6) is 0 Å². The van der Waals surface area contributed by atoms with Crippen molar-refractivity contribution >= 4 is 33.7 Å². The molecule has 2 aromatic carbocycles. The van der Waals surface area contributed by atoms with Gasteiger partial charge in [-0.15, -0.1) is 0 Å². The van der Waals surface area contributed by atoms with Crippen LogP contribution in [-0.2, 0) is 16.1 Å². The van der Waals surface area contributed by atoms with E-state index in [9.17, 15) is 14.4 Å². The van der Waals surface area contributed by atoms with Gasteiger partial charge in [-0.1, -0.05) is 30.7 Å². The van der Waals surface area contributed by atoms with E-state index in [0.29, 0.717) is 23.6 Å². The Labute approximate surface area is 162 Å². The number of nitrogens with one attached hydrogen (secondary N) is 1. The Morgan fingerprint density at radius 3 is 2.11 bits per heavy atom. The normalized spacial score (nSPS) is 12.2. The second-order valence-corrected chi connectivity index (χ2v) is 6.95. The zero-order chi connectivity index (χ0) is 20.1. The predicted molar refractivity (Wildman–Crippen MR) is 109 cm³/mol. The number of hydrogen-bond donors (Lipinski definition) is 2. The Hall–Kier alpha value is -3.15. The lowest BCUT2D eigenvalue weighted by molar-refractivity contribution is -0.141. The number of aromatic nitrogens is 1. The van der Waals surface area contributed by atoms with Crippen molar-refractivity contribution in [3.8, 4) is 0 Å². The molecule has 0 saturated carbocycles. The van der Waals surface area contributed by atoms with Crippen LogP contribution in [0.3, 0.4) is 0 Å². The van der Waals surface area contributed by atoms with E-state index < -0.39 is 12.0 Å². The molecule has 3 aromatic rings. The van der Waals surface area contributed by atoms with Gasteiger partial charge in [-0.25, -0.2) is 0 Å². The van der Waals surface area contributed by atoms with E-state index in [-0.39, 0.29) is 11.3 Å². The highest BCUT2D eigenvalue weighted by Crippen LogP contribution is 2.20. The van der Waals surface area contributed by atoms with Gasteiger partial charge in [0, 0.05) is 23.7 Å². The topological polar surface area (TPSA) is 88.4 Å². The number of carboxylic acid groups (broad SMARTS) is 1. The van der Waals surface area contributed by atoms with Crippen molar-refractivity contribution in [2.75, 3.05) is 0 Å². The number of para-hydroxylation sites is 2. The van der Waals surface area contributed by atoms with Gasteiger partial charge in [0.1, 0.15) is 6.04 Å². The second kappa shape index (κ2) is 8.69. The number of rotatable bonds is 8. The third-order valence-electron chi connectivity index (χ3n) is 4.91. The Bertz CT molecular complexity index is 1010. The highest BCUT2D eigenvalue weighted by atomic mass is 16.4. The summed E-state index contributed by atoms with van der Waals surface area (Å²) in [5.74, 6) is -1.28. The molecule has 1 atom stereocenters. The molecule has 1 aromatic heterocycles. The molecule has 6 heteroatoms. The molecule has 146 valence electrons. The monoisotopic (exact) mass is 380 g/mol. The number of benzene rings is 2. The largest absolute Gasteiger partial charge is 0.480 e. The van der Waals surface area contributed by atoms with Crippen LogP contribution in [0.15, 0.2) is 53.3 Å². The van der Waals surface area contributed by atoms with E-state index in [1.165, 1.54) is 6.92 Å². The maximum Gasteiger partial charge on any atom is 0.325 e. The van der Waals surface area contributed by atoms with Gasteiger partial charge >= 0.3 is 5.97 Å². The number of carboxylic acids is 1. The van der Waals surface area contributed by atoms with Gasteiger partial charge in [-0.2, -0.15) is 0 Å². The lowest BCUT2D eigenvalue weighted by atomic mass is 10.1. The highest BCUT2D eigenvalue weighted by Gasteiger charge is 2.13. The number of carbonyl (C=O) groups excluding carboxylic acids is 1. The second-order valence-electron chi connectivity index (χ2n) is 6.95. The minimum absolute atomic E-state index is 0.0478. The number of unbranched alkanes of at least 4 members (excludes halogenated alkanes) is 2. The van der Waals surface area contributed by atoms with Crippen molar-refractivity contribution < 1.29 is 14.7 Å². The number of nitrogens with zero attached hydrogens (tertiary/aromatic N) is 1. The molecule has 0 saturated heterocycles. The van der Waals surface area contributed by atoms with E-state index in [2.05, 4.69) is 9.88 Å². The Morgan fingerprint density at radius 1 is 0.964 bits per heavy atom. The summed E-state index contributed by atoms with van der Waals surface area (Å²) < 4.78 is 2.17. The molecule has 0 radical (unpaired) electrons. The van der Waals surface area contributed by atoms with Gasteiger partial charge < -0.3 is 15.0 Å². The number of pyridine rings is 1. The fraction of sp³-hybridized carbons (Fsp3) is 0.318. The van der Waals surface area contributed by atoms with Crippen molar-refractivity contribution in [2.45, 2.75) is 45.2 Å². The van der Waals surface area contributed by atoms with Gasteiger partial charge in [0.25, 0.3) is 0 Å². The van der Waals surface area contributed by atoms with Crippen molar-refractivity contribution in [3.05, 3.63) is 58.8 Å². The third kappa shape index (κ3) is 4.22. The molecule has 1 heterocycles. The van der Waals surface area contributed by atoms with E-state index in [0.717, 1.165) is 30.4 Å². The van der Waals surface area contributed by atoms with Crippen LogP contribution in [0.2, 0.25) is 0 Å². The summed E-state index contributed by atoms with van der Waals surface area (Å²) in [6.07, 6.45) is 2.69. The van der Waals surface area contributed by atoms with Crippen LogP contribution in [0, 0.1) is 0 Å². The molecule has 0 fully saturated rings. The molecule has 3 rings (SSSR count). The van der Waals surface area contributed by atoms with Crippen LogP contribution in [0.4, 0.5) is 0 Å². The Balaban J connectivity index is 1.68. The first kappa shape index (κ1) is 19.6. The zero-order valence-electron chi connectivity index (χ0n) is 15.9. The molecule has 0 bridgehead atoms. The van der Waals surface area contributed by atoms with Crippen LogP contribution in [0.25, 0.3) is 21.8 Å². The van der Waals surface area contributed by atoms with Crippen LogP contribution in [-0.4, -0.2) is 27.6 Å². The average Bonchev–Trinajstić information content (AvgIpc) is 2.70. The standard InChI is InChI=1S/C22H24N2O4/c1-15(22(27)28)23-20(25)13-3-2-8-14-24-18-11-6-4-9-16(18)21(26)17-10-5-7-12-19(17)24/h4-7,9-12,15H,2-3,8,13-14H2,1H3,(H,23,25)(H,27,28)/t15-/m0/s1. The van der Waals surface area contributed by atoms with Crippen molar-refractivity contribution in [1.82, 2.24) is 9.88 Å². The van der Waals surface area contributed by atoms with Gasteiger partial charge in [0.15, 0.2) is 5.43 Å². The van der Waals surface area contributed by atoms with Gasteiger partial charge in [0.05, 0.1) is 11.0 Å². The average molecular weight is 380 g/mol. The Morgan fingerprint density at radius 2 is 1.54 bits per heavy atom. The van der Waals surface area contributed by atoms with E-state index in [1.54, 1.807) is 0 Å². The summed E-state index contributed by atoms with van der Waals surface area (Å²) in [6.45, 7) is 2.20. The number of fused-ring (bicyclic) bond motifs is 2. The van der Waals surface area contributed by atoms with Gasteiger partial charge in [-0.3, -0.25) is 14.4 Å². The summed E-state index contributed by atoms with van der Waals surface area (Å²) in [7, 11) is 0. The minimum atomic E-state index is -1.04. The summed E-state index contributed by atoms with van der Waals surface area (Å²) in [4.78, 5) is 35.3. The van der Waals surface area contributed by atoms with Gasteiger partial charge in [0.2, 0.25) is 5.91 Å². The first-order valence-corrected chi connectivity index (χ1v) is 9.51. The highest BCUT2D eigenvalue weighted by molar-refractivity contribution is 5.93. The zero-order valence-corrected chi connectivity index (χ0v) is 15.9. The number of aliphatic carboxylic acids is 1. The molecule has 28 heavy (non-hydrogen) atoms. The molecule has 2 N–H and O–H groups in total. The molecule has 0 spiro atoms. The first-order valence-electron chi connectivity index (χ1n) is 9.51. The van der Waals surface area contributed by atoms with Crippen LogP contribution in [0.1, 0.15) is 32.6 Å². The number of amides is 1. The Kier molecular flexibility index (Phi) is 6.09. The molecule has 1 amide bonds. The van der Waals surface area contributed by atoms with E-state index in [4.69, 9.17) is 5.11 Å². The molecular formula is C22H24N2O4. The third-order valence-corrected chi connectivity index (χ3v) is 4.91. The summed E-state index contributed by atoms with van der Waals surface area (Å²) in [5, 5.41) is 12.7. The smallest absolute Gasteiger partial charge is 0.325 e. The number of hydrogen-bond acceptors (Lipinski definition) is 3. The van der Waals surface area contributed by atoms with Crippen LogP contribution < -0.4 is 10.7 Å². The van der Waals surface area contributed by atoms with Crippen LogP contribution >= 0.6 is 0 Å². The molecule has 0 unspecified atom stereocenters. The van der Waals surface area contributed by atoms with E-state index in [1.807, 2.05) is 48.5 Å². The maximum atomic E-state index is 12.7. The molecule has 0 aliphatic carbocycles.